The topological polar surface area (TPSA) is 192 Å². The number of hydrogen-bond donors (Lipinski definition) is 4. The maximum absolute atomic E-state index is 14.6. The Bertz CT molecular complexity index is 1640. The first-order valence-corrected chi connectivity index (χ1v) is 14.4. The van der Waals surface area contributed by atoms with Gasteiger partial charge in [0.1, 0.15) is 23.3 Å². The number of benzene rings is 2. The van der Waals surface area contributed by atoms with Crippen LogP contribution in [-0.4, -0.2) is 52.8 Å². The average Bonchev–Trinajstić information content (AvgIpc) is 3.41. The number of rotatable bonds is 15. The lowest BCUT2D eigenvalue weighted by Gasteiger charge is -2.21. The zero-order valence-electron chi connectivity index (χ0n) is 26.3. The predicted molar refractivity (Wildman–Crippen MR) is 159 cm³/mol. The summed E-state index contributed by atoms with van der Waals surface area (Å²) in [5, 5.41) is 13.5. The third-order valence-corrected chi connectivity index (χ3v) is 6.28. The number of aliphatic carboxylic acids is 1. The molecule has 0 radical (unpaired) electrons. The number of alkyl carbamates (subject to hydrolysis) is 1. The van der Waals surface area contributed by atoms with Gasteiger partial charge in [0.15, 0.2) is 23.0 Å². The molecule has 260 valence electrons. The van der Waals surface area contributed by atoms with E-state index in [9.17, 15) is 36.7 Å². The summed E-state index contributed by atoms with van der Waals surface area (Å²) in [6.45, 7) is 3.00. The van der Waals surface area contributed by atoms with Gasteiger partial charge in [0.05, 0.1) is 12.6 Å². The molecule has 0 saturated heterocycles. The van der Waals surface area contributed by atoms with Crippen molar-refractivity contribution in [3.63, 3.8) is 0 Å². The fourth-order valence-corrected chi connectivity index (χ4v) is 4.21. The molecule has 0 bridgehead atoms. The van der Waals surface area contributed by atoms with E-state index in [1.165, 1.54) is 19.1 Å². The zero-order valence-corrected chi connectivity index (χ0v) is 26.3. The highest BCUT2D eigenvalue weighted by Gasteiger charge is 2.31. The summed E-state index contributed by atoms with van der Waals surface area (Å²) in [4.78, 5) is 53.3. The lowest BCUT2D eigenvalue weighted by molar-refractivity contribution is -0.137. The number of alkyl halides is 2. The highest BCUT2D eigenvalue weighted by Crippen LogP contribution is 2.35. The van der Waals surface area contributed by atoms with E-state index in [4.69, 9.17) is 24.7 Å². The molecule has 1 aromatic heterocycles. The van der Waals surface area contributed by atoms with E-state index in [-0.39, 0.29) is 54.6 Å². The zero-order chi connectivity index (χ0) is 35.8. The number of aromatic nitrogens is 1. The first-order valence-electron chi connectivity index (χ1n) is 14.4. The molecule has 1 unspecified atom stereocenters. The quantitative estimate of drug-likeness (QED) is 0.119. The minimum absolute atomic E-state index is 0.0634. The van der Waals surface area contributed by atoms with E-state index >= 15 is 0 Å². The number of nitrogens with zero attached hydrogens (tertiary/aromatic N) is 1. The number of unbranched alkanes of at least 4 members (excludes halogenated alkanes) is 1. The molecule has 1 heterocycles. The molecular weight excluding hydrogens is 648 g/mol. The maximum Gasteiger partial charge on any atom is 0.408 e. The third-order valence-electron chi connectivity index (χ3n) is 6.28. The Kier molecular flexibility index (Phi) is 12.3. The standard InChI is InChI=1S/C31H34F4N4O9/c1-15(37-30(44)48-31(2,3)4)25-24(27(43)38-23(26(36)42)18-10-9-17(32)14-19(18)33)39-28(47-25)16-8-11-20(46-29(34)35)21(13-16)45-12-6-5-7-22(40)41/h8-11,13-15,23,29H,5-7,12H2,1-4H3,(H2,36,42)(H,37,44)(H,38,43)(H,40,41)/t15-,23?/m0/s1. The van der Waals surface area contributed by atoms with Gasteiger partial charge in [-0.25, -0.2) is 18.6 Å². The van der Waals surface area contributed by atoms with Crippen LogP contribution in [0.25, 0.3) is 11.5 Å². The number of carbonyl (C=O) groups is 4. The van der Waals surface area contributed by atoms with E-state index in [0.717, 1.165) is 18.2 Å². The molecule has 5 N–H and O–H groups in total. The predicted octanol–water partition coefficient (Wildman–Crippen LogP) is 5.40. The van der Waals surface area contributed by atoms with Crippen molar-refractivity contribution < 1.29 is 60.5 Å². The summed E-state index contributed by atoms with van der Waals surface area (Å²) in [6.07, 6.45) is -0.511. The molecular formula is C31H34F4N4O9. The molecule has 0 aliphatic carbocycles. The molecule has 2 atom stereocenters. The lowest BCUT2D eigenvalue weighted by Crippen LogP contribution is -2.39. The Balaban J connectivity index is 2.03. The summed E-state index contributed by atoms with van der Waals surface area (Å²) in [7, 11) is 0. The van der Waals surface area contributed by atoms with Gasteiger partial charge in [-0.05, 0) is 64.8 Å². The van der Waals surface area contributed by atoms with Crippen LogP contribution >= 0.6 is 0 Å². The van der Waals surface area contributed by atoms with E-state index in [0.29, 0.717) is 6.07 Å². The van der Waals surface area contributed by atoms with Crippen molar-refractivity contribution in [2.75, 3.05) is 6.61 Å². The van der Waals surface area contributed by atoms with Crippen LogP contribution in [0.2, 0.25) is 0 Å². The average molecular weight is 683 g/mol. The number of hydrogen-bond acceptors (Lipinski definition) is 9. The minimum Gasteiger partial charge on any atom is -0.490 e. The number of oxazole rings is 1. The van der Waals surface area contributed by atoms with E-state index in [2.05, 4.69) is 20.4 Å². The molecule has 3 aromatic rings. The van der Waals surface area contributed by atoms with Gasteiger partial charge in [0, 0.05) is 23.6 Å². The summed E-state index contributed by atoms with van der Waals surface area (Å²) in [5.74, 6) is -6.52. The number of carboxylic acid groups (broad SMARTS) is 1. The maximum atomic E-state index is 14.6. The summed E-state index contributed by atoms with van der Waals surface area (Å²) < 4.78 is 75.4. The Morgan fingerprint density at radius 3 is 2.33 bits per heavy atom. The van der Waals surface area contributed by atoms with Crippen molar-refractivity contribution in [1.29, 1.82) is 0 Å². The van der Waals surface area contributed by atoms with Gasteiger partial charge in [0.2, 0.25) is 11.8 Å². The first kappa shape index (κ1) is 37.1. The van der Waals surface area contributed by atoms with Crippen LogP contribution in [0.3, 0.4) is 0 Å². The highest BCUT2D eigenvalue weighted by atomic mass is 19.3. The number of primary amides is 1. The molecule has 0 saturated carbocycles. The van der Waals surface area contributed by atoms with Gasteiger partial charge < -0.3 is 40.1 Å². The van der Waals surface area contributed by atoms with Crippen molar-refractivity contribution >= 4 is 23.9 Å². The van der Waals surface area contributed by atoms with Crippen molar-refractivity contribution in [2.45, 2.75) is 71.3 Å². The van der Waals surface area contributed by atoms with Crippen molar-refractivity contribution in [3.8, 4) is 23.0 Å². The minimum atomic E-state index is -3.21. The Labute approximate surface area is 271 Å². The Morgan fingerprint density at radius 1 is 1.02 bits per heavy atom. The monoisotopic (exact) mass is 682 g/mol. The van der Waals surface area contributed by atoms with E-state index in [1.54, 1.807) is 20.8 Å². The second kappa shape index (κ2) is 16.0. The first-order chi connectivity index (χ1) is 22.4. The number of carboxylic acids is 1. The molecule has 3 rings (SSSR count). The largest absolute Gasteiger partial charge is 0.490 e. The summed E-state index contributed by atoms with van der Waals surface area (Å²) in [6, 6.07) is 3.00. The van der Waals surface area contributed by atoms with Crippen LogP contribution in [0, 0.1) is 11.6 Å². The van der Waals surface area contributed by atoms with E-state index in [1.807, 2.05) is 0 Å². The lowest BCUT2D eigenvalue weighted by atomic mass is 10.0. The smallest absolute Gasteiger partial charge is 0.408 e. The molecule has 48 heavy (non-hydrogen) atoms. The van der Waals surface area contributed by atoms with Gasteiger partial charge >= 0.3 is 18.7 Å². The van der Waals surface area contributed by atoms with Crippen LogP contribution in [0.1, 0.15) is 80.9 Å². The van der Waals surface area contributed by atoms with Gasteiger partial charge in [-0.15, -0.1) is 0 Å². The SMILES string of the molecule is C[C@H](NC(=O)OC(C)(C)C)c1oc(-c2ccc(OC(F)F)c(OCCCCC(=O)O)c2)nc1C(=O)NC(C(N)=O)c1ccc(F)cc1F. The van der Waals surface area contributed by atoms with Gasteiger partial charge in [0.25, 0.3) is 5.91 Å². The third kappa shape index (κ3) is 10.6. The fraction of sp³-hybridized carbons (Fsp3) is 0.387. The van der Waals surface area contributed by atoms with Gasteiger partial charge in [-0.1, -0.05) is 6.07 Å². The van der Waals surface area contributed by atoms with Crippen LogP contribution < -0.4 is 25.8 Å². The van der Waals surface area contributed by atoms with Crippen LogP contribution in [0.4, 0.5) is 22.4 Å². The van der Waals surface area contributed by atoms with Crippen LogP contribution in [0.5, 0.6) is 11.5 Å². The number of ether oxygens (including phenoxy) is 3. The Morgan fingerprint density at radius 2 is 1.73 bits per heavy atom. The molecule has 0 aliphatic rings. The summed E-state index contributed by atoms with van der Waals surface area (Å²) >= 11 is 0. The van der Waals surface area contributed by atoms with Crippen LogP contribution in [-0.2, 0) is 14.3 Å². The number of nitrogens with two attached hydrogens (primary N) is 1. The summed E-state index contributed by atoms with van der Waals surface area (Å²) in [5.41, 5.74) is 3.67. The molecule has 3 amide bonds. The molecule has 2 aromatic carbocycles. The Hall–Kier alpha value is -5.35. The number of nitrogens with one attached hydrogen (secondary N) is 2. The van der Waals surface area contributed by atoms with Gasteiger partial charge in [-0.3, -0.25) is 14.4 Å². The fourth-order valence-electron chi connectivity index (χ4n) is 4.21. The molecule has 0 fully saturated rings. The highest BCUT2D eigenvalue weighted by molar-refractivity contribution is 5.97. The van der Waals surface area contributed by atoms with Crippen molar-refractivity contribution in [3.05, 3.63) is 65.1 Å². The van der Waals surface area contributed by atoms with Crippen molar-refractivity contribution in [1.82, 2.24) is 15.6 Å². The van der Waals surface area contributed by atoms with Gasteiger partial charge in [-0.2, -0.15) is 8.78 Å². The second-order valence-corrected chi connectivity index (χ2v) is 11.3. The normalized spacial score (nSPS) is 12.6. The molecule has 13 nitrogen and oxygen atoms in total. The number of amides is 3. The number of carbonyl (C=O) groups excluding carboxylic acids is 3. The molecule has 17 heteroatoms. The van der Waals surface area contributed by atoms with E-state index < -0.39 is 71.1 Å². The molecule has 0 aliphatic heterocycles. The number of halogens is 4. The molecule has 0 spiro atoms. The second-order valence-electron chi connectivity index (χ2n) is 11.3. The van der Waals surface area contributed by atoms with Crippen LogP contribution in [0.15, 0.2) is 40.8 Å². The van der Waals surface area contributed by atoms with Crippen molar-refractivity contribution in [2.24, 2.45) is 5.73 Å².